The zero-order valence-electron chi connectivity index (χ0n) is 11.5. The van der Waals surface area contributed by atoms with Gasteiger partial charge in [-0.3, -0.25) is 9.69 Å². The molecule has 1 N–H and O–H groups in total. The van der Waals surface area contributed by atoms with E-state index in [-0.39, 0.29) is 18.5 Å². The Labute approximate surface area is 109 Å². The molecule has 0 atom stereocenters. The second-order valence-corrected chi connectivity index (χ2v) is 3.81. The molecule has 0 rings (SSSR count). The Morgan fingerprint density at radius 1 is 1.22 bits per heavy atom. The summed E-state index contributed by atoms with van der Waals surface area (Å²) < 4.78 is 9.93. The summed E-state index contributed by atoms with van der Waals surface area (Å²) in [5.41, 5.74) is 0. The molecule has 0 aromatic carbocycles. The van der Waals surface area contributed by atoms with E-state index >= 15 is 0 Å². The molecule has 0 aliphatic carbocycles. The van der Waals surface area contributed by atoms with Crippen molar-refractivity contribution in [1.82, 2.24) is 10.2 Å². The van der Waals surface area contributed by atoms with Crippen molar-refractivity contribution in [3.8, 4) is 0 Å². The second-order valence-electron chi connectivity index (χ2n) is 3.81. The van der Waals surface area contributed by atoms with Gasteiger partial charge < -0.3 is 14.8 Å². The van der Waals surface area contributed by atoms with Gasteiger partial charge in [0.25, 0.3) is 0 Å². The van der Waals surface area contributed by atoms with E-state index in [9.17, 15) is 9.59 Å². The third-order valence-corrected chi connectivity index (χ3v) is 2.26. The molecule has 0 radical (unpaired) electrons. The van der Waals surface area contributed by atoms with Gasteiger partial charge in [-0.05, 0) is 19.9 Å². The molecule has 6 heteroatoms. The Morgan fingerprint density at radius 3 is 2.50 bits per heavy atom. The van der Waals surface area contributed by atoms with Crippen LogP contribution in [0.15, 0.2) is 0 Å². The number of carbonyl (C=O) groups is 2. The van der Waals surface area contributed by atoms with Crippen molar-refractivity contribution in [1.29, 1.82) is 0 Å². The van der Waals surface area contributed by atoms with Crippen molar-refractivity contribution < 1.29 is 19.1 Å². The fraction of sp³-hybridized carbons (Fsp3) is 0.833. The Balaban J connectivity index is 3.76. The Kier molecular flexibility index (Phi) is 10.3. The SMILES string of the molecule is CCCN(CCOCC(=O)OCC)CC(=O)NC. The normalized spacial score (nSPS) is 10.4. The van der Waals surface area contributed by atoms with Crippen LogP contribution < -0.4 is 5.32 Å². The number of rotatable bonds is 10. The highest BCUT2D eigenvalue weighted by atomic mass is 16.6. The zero-order chi connectivity index (χ0) is 13.8. The third-order valence-electron chi connectivity index (χ3n) is 2.26. The maximum Gasteiger partial charge on any atom is 0.332 e. The van der Waals surface area contributed by atoms with Crippen LogP contribution in [-0.2, 0) is 19.1 Å². The first-order valence-electron chi connectivity index (χ1n) is 6.30. The van der Waals surface area contributed by atoms with Crippen molar-refractivity contribution in [3.63, 3.8) is 0 Å². The van der Waals surface area contributed by atoms with Crippen molar-refractivity contribution in [2.45, 2.75) is 20.3 Å². The van der Waals surface area contributed by atoms with Crippen LogP contribution in [0.3, 0.4) is 0 Å². The van der Waals surface area contributed by atoms with Crippen LogP contribution in [0, 0.1) is 0 Å². The van der Waals surface area contributed by atoms with Crippen LogP contribution in [0.4, 0.5) is 0 Å². The minimum Gasteiger partial charge on any atom is -0.464 e. The molecule has 6 nitrogen and oxygen atoms in total. The number of hydrogen-bond acceptors (Lipinski definition) is 5. The van der Waals surface area contributed by atoms with E-state index in [4.69, 9.17) is 9.47 Å². The number of ether oxygens (including phenoxy) is 2. The maximum atomic E-state index is 11.3. The van der Waals surface area contributed by atoms with Crippen molar-refractivity contribution >= 4 is 11.9 Å². The predicted octanol–water partition coefficient (Wildman–Crippen LogP) is 0.0241. The summed E-state index contributed by atoms with van der Waals surface area (Å²) in [7, 11) is 1.61. The molecule has 0 unspecified atom stereocenters. The standard InChI is InChI=1S/C12H24N2O4/c1-4-6-14(9-11(15)13-3)7-8-17-10-12(16)18-5-2/h4-10H2,1-3H3,(H,13,15). The average Bonchev–Trinajstić information content (AvgIpc) is 2.35. The molecule has 0 aliphatic rings. The van der Waals surface area contributed by atoms with E-state index in [2.05, 4.69) is 12.2 Å². The molecule has 0 aromatic heterocycles. The van der Waals surface area contributed by atoms with Gasteiger partial charge in [0, 0.05) is 13.6 Å². The number of hydrogen-bond donors (Lipinski definition) is 1. The highest BCUT2D eigenvalue weighted by Gasteiger charge is 2.09. The first kappa shape index (κ1) is 16.9. The molecule has 0 fully saturated rings. The molecule has 0 saturated heterocycles. The van der Waals surface area contributed by atoms with Gasteiger partial charge in [-0.15, -0.1) is 0 Å². The second kappa shape index (κ2) is 11.0. The molecule has 0 spiro atoms. The first-order chi connectivity index (χ1) is 8.63. The lowest BCUT2D eigenvalue weighted by molar-refractivity contribution is -0.148. The quantitative estimate of drug-likeness (QED) is 0.443. The number of likely N-dealkylation sites (N-methyl/N-ethyl adjacent to an activating group) is 1. The Bertz CT molecular complexity index is 246. The fourth-order valence-electron chi connectivity index (χ4n) is 1.42. The van der Waals surface area contributed by atoms with Gasteiger partial charge in [-0.1, -0.05) is 6.92 Å². The molecule has 1 amide bonds. The maximum absolute atomic E-state index is 11.3. The number of amides is 1. The molecular formula is C12H24N2O4. The number of carbonyl (C=O) groups excluding carboxylic acids is 2. The number of esters is 1. The number of nitrogens with one attached hydrogen (secondary N) is 1. The van der Waals surface area contributed by atoms with Crippen LogP contribution in [-0.4, -0.2) is 63.3 Å². The van der Waals surface area contributed by atoms with Crippen LogP contribution in [0.1, 0.15) is 20.3 Å². The average molecular weight is 260 g/mol. The van der Waals surface area contributed by atoms with Crippen LogP contribution in [0.5, 0.6) is 0 Å². The largest absolute Gasteiger partial charge is 0.464 e. The topological polar surface area (TPSA) is 67.9 Å². The highest BCUT2D eigenvalue weighted by molar-refractivity contribution is 5.77. The summed E-state index contributed by atoms with van der Waals surface area (Å²) in [6.45, 7) is 6.36. The molecule has 0 aromatic rings. The van der Waals surface area contributed by atoms with Crippen molar-refractivity contribution in [2.24, 2.45) is 0 Å². The molecular weight excluding hydrogens is 236 g/mol. The van der Waals surface area contributed by atoms with E-state index < -0.39 is 0 Å². The van der Waals surface area contributed by atoms with E-state index in [1.807, 2.05) is 4.90 Å². The minimum absolute atomic E-state index is 0.0196. The predicted molar refractivity (Wildman–Crippen MR) is 68.2 cm³/mol. The lowest BCUT2D eigenvalue weighted by atomic mass is 10.4. The monoisotopic (exact) mass is 260 g/mol. The van der Waals surface area contributed by atoms with Crippen molar-refractivity contribution in [2.75, 3.05) is 46.5 Å². The van der Waals surface area contributed by atoms with Gasteiger partial charge in [0.05, 0.1) is 19.8 Å². The molecule has 0 aliphatic heterocycles. The lowest BCUT2D eigenvalue weighted by Gasteiger charge is -2.20. The molecule has 106 valence electrons. The smallest absolute Gasteiger partial charge is 0.332 e. The van der Waals surface area contributed by atoms with E-state index in [1.54, 1.807) is 14.0 Å². The molecule has 0 saturated carbocycles. The first-order valence-corrected chi connectivity index (χ1v) is 6.30. The van der Waals surface area contributed by atoms with Gasteiger partial charge in [-0.25, -0.2) is 4.79 Å². The zero-order valence-corrected chi connectivity index (χ0v) is 11.5. The van der Waals surface area contributed by atoms with E-state index in [0.29, 0.717) is 26.3 Å². The summed E-state index contributed by atoms with van der Waals surface area (Å²) in [6.07, 6.45) is 0.967. The number of nitrogens with zero attached hydrogens (tertiary/aromatic N) is 1. The third kappa shape index (κ3) is 8.95. The lowest BCUT2D eigenvalue weighted by Crippen LogP contribution is -2.38. The van der Waals surface area contributed by atoms with E-state index in [0.717, 1.165) is 13.0 Å². The summed E-state index contributed by atoms with van der Waals surface area (Å²) in [5, 5.41) is 2.58. The van der Waals surface area contributed by atoms with Crippen LogP contribution in [0.2, 0.25) is 0 Å². The molecule has 18 heavy (non-hydrogen) atoms. The van der Waals surface area contributed by atoms with Crippen LogP contribution >= 0.6 is 0 Å². The fourth-order valence-corrected chi connectivity index (χ4v) is 1.42. The Hall–Kier alpha value is -1.14. The van der Waals surface area contributed by atoms with Gasteiger partial charge in [0.1, 0.15) is 6.61 Å². The van der Waals surface area contributed by atoms with Gasteiger partial charge in [-0.2, -0.15) is 0 Å². The Morgan fingerprint density at radius 2 is 1.94 bits per heavy atom. The van der Waals surface area contributed by atoms with Gasteiger partial charge in [0.15, 0.2) is 0 Å². The summed E-state index contributed by atoms with van der Waals surface area (Å²) in [4.78, 5) is 24.3. The summed E-state index contributed by atoms with van der Waals surface area (Å²) >= 11 is 0. The van der Waals surface area contributed by atoms with Crippen LogP contribution in [0.25, 0.3) is 0 Å². The summed E-state index contributed by atoms with van der Waals surface area (Å²) in [5.74, 6) is -0.375. The van der Waals surface area contributed by atoms with Crippen molar-refractivity contribution in [3.05, 3.63) is 0 Å². The summed E-state index contributed by atoms with van der Waals surface area (Å²) in [6, 6.07) is 0. The van der Waals surface area contributed by atoms with Gasteiger partial charge in [0.2, 0.25) is 5.91 Å². The molecule has 0 bridgehead atoms. The minimum atomic E-state index is -0.356. The molecule has 0 heterocycles. The van der Waals surface area contributed by atoms with Gasteiger partial charge >= 0.3 is 5.97 Å². The van der Waals surface area contributed by atoms with E-state index in [1.165, 1.54) is 0 Å². The highest BCUT2D eigenvalue weighted by Crippen LogP contribution is 1.92.